The molecule has 8 nitrogen and oxygen atoms in total. The van der Waals surface area contributed by atoms with Gasteiger partial charge in [0, 0.05) is 18.7 Å². The molecule has 1 aliphatic carbocycles. The lowest BCUT2D eigenvalue weighted by atomic mass is 10.2. The third kappa shape index (κ3) is 3.19. The molecule has 2 aromatic heterocycles. The van der Waals surface area contributed by atoms with Gasteiger partial charge in [0.1, 0.15) is 11.3 Å². The third-order valence-corrected chi connectivity index (χ3v) is 5.01. The monoisotopic (exact) mass is 382 g/mol. The average Bonchev–Trinajstić information content (AvgIpc) is 3.22. The van der Waals surface area contributed by atoms with Gasteiger partial charge in [0.05, 0.1) is 12.4 Å². The van der Waals surface area contributed by atoms with Crippen molar-refractivity contribution < 1.29 is 4.39 Å². The summed E-state index contributed by atoms with van der Waals surface area (Å²) >= 11 is 0. The van der Waals surface area contributed by atoms with Gasteiger partial charge in [0.15, 0.2) is 5.65 Å². The van der Waals surface area contributed by atoms with Crippen LogP contribution in [0.5, 0.6) is 0 Å². The van der Waals surface area contributed by atoms with Gasteiger partial charge >= 0.3 is 11.1 Å². The van der Waals surface area contributed by atoms with Crippen molar-refractivity contribution in [2.75, 3.05) is 5.43 Å². The number of nitrogens with zero attached hydrogens (tertiary/aromatic N) is 5. The second kappa shape index (κ2) is 7.34. The first-order valence-corrected chi connectivity index (χ1v) is 9.08. The quantitative estimate of drug-likeness (QED) is 0.424. The molecule has 0 bridgehead atoms. The van der Waals surface area contributed by atoms with Gasteiger partial charge in [0.2, 0.25) is 5.95 Å². The van der Waals surface area contributed by atoms with Crippen molar-refractivity contribution in [1.29, 1.82) is 0 Å². The van der Waals surface area contributed by atoms with E-state index in [1.54, 1.807) is 18.2 Å². The molecule has 0 aliphatic heterocycles. The van der Waals surface area contributed by atoms with Crippen LogP contribution in [0.15, 0.2) is 45.2 Å². The molecule has 1 N–H and O–H groups in total. The zero-order valence-corrected chi connectivity index (χ0v) is 15.3. The summed E-state index contributed by atoms with van der Waals surface area (Å²) in [5.74, 6) is -0.234. The molecule has 3 aromatic rings. The van der Waals surface area contributed by atoms with Gasteiger partial charge in [-0.05, 0) is 18.9 Å². The fraction of sp³-hybridized carbons (Fsp3) is 0.316. The second-order valence-corrected chi connectivity index (χ2v) is 6.77. The summed E-state index contributed by atoms with van der Waals surface area (Å²) in [4.78, 5) is 33.5. The molecule has 0 amide bonds. The third-order valence-electron chi connectivity index (χ3n) is 5.01. The Morgan fingerprint density at radius 1 is 1.21 bits per heavy atom. The number of aromatic nitrogens is 4. The Bertz CT molecular complexity index is 1180. The molecule has 0 atom stereocenters. The first-order chi connectivity index (χ1) is 13.6. The lowest BCUT2D eigenvalue weighted by molar-refractivity contribution is 0.507. The number of nitrogens with one attached hydrogen (secondary N) is 1. The highest BCUT2D eigenvalue weighted by Crippen LogP contribution is 2.29. The summed E-state index contributed by atoms with van der Waals surface area (Å²) in [6.45, 7) is 0. The van der Waals surface area contributed by atoms with Gasteiger partial charge in [-0.15, -0.1) is 0 Å². The van der Waals surface area contributed by atoms with Gasteiger partial charge in [-0.1, -0.05) is 31.0 Å². The molecular weight excluding hydrogens is 363 g/mol. The molecule has 4 rings (SSSR count). The number of fused-ring (bicyclic) bond motifs is 1. The Kier molecular flexibility index (Phi) is 4.72. The molecule has 0 saturated heterocycles. The molecule has 2 heterocycles. The number of halogens is 1. The number of hydrazone groups is 1. The lowest BCUT2D eigenvalue weighted by Gasteiger charge is -2.17. The van der Waals surface area contributed by atoms with Crippen LogP contribution < -0.4 is 16.5 Å². The summed E-state index contributed by atoms with van der Waals surface area (Å²) in [5, 5.41) is 3.97. The van der Waals surface area contributed by atoms with E-state index >= 15 is 0 Å². The molecule has 0 unspecified atom stereocenters. The van der Waals surface area contributed by atoms with Crippen LogP contribution in [-0.2, 0) is 7.05 Å². The minimum Gasteiger partial charge on any atom is -0.303 e. The van der Waals surface area contributed by atoms with Crippen molar-refractivity contribution >= 4 is 23.3 Å². The fourth-order valence-corrected chi connectivity index (χ4v) is 3.53. The molecule has 9 heteroatoms. The van der Waals surface area contributed by atoms with Crippen LogP contribution in [0.2, 0.25) is 0 Å². The normalized spacial score (nSPS) is 14.9. The van der Waals surface area contributed by atoms with Crippen LogP contribution in [0.1, 0.15) is 37.3 Å². The van der Waals surface area contributed by atoms with Gasteiger partial charge in [-0.3, -0.25) is 14.2 Å². The van der Waals surface area contributed by atoms with Crippen molar-refractivity contribution in [3.8, 4) is 0 Å². The van der Waals surface area contributed by atoms with E-state index in [9.17, 15) is 14.0 Å². The standard InChI is InChI=1S/C19H19FN6O2/c1-25-15-11-21-19(24-22-10-12-6-2-5-9-14(12)20)23-16(15)26(18(28)17(25)27)13-7-3-4-8-13/h2,5-6,9-11,13H,3-4,7-8H2,1H3,(H,21,23,24). The SMILES string of the molecule is Cn1c(=O)c(=O)n(C2CCCC2)c2nc(NN=Cc3ccccc3F)ncc21. The van der Waals surface area contributed by atoms with Crippen molar-refractivity contribution in [2.24, 2.45) is 12.1 Å². The molecule has 1 fully saturated rings. The van der Waals surface area contributed by atoms with Crippen molar-refractivity contribution in [3.63, 3.8) is 0 Å². The van der Waals surface area contributed by atoms with Crippen LogP contribution in [0.3, 0.4) is 0 Å². The van der Waals surface area contributed by atoms with E-state index in [4.69, 9.17) is 0 Å². The van der Waals surface area contributed by atoms with E-state index in [0.717, 1.165) is 25.7 Å². The maximum atomic E-state index is 13.7. The minimum absolute atomic E-state index is 0.0476. The summed E-state index contributed by atoms with van der Waals surface area (Å²) in [6, 6.07) is 6.19. The van der Waals surface area contributed by atoms with Gasteiger partial charge in [0.25, 0.3) is 0 Å². The highest BCUT2D eigenvalue weighted by atomic mass is 19.1. The Hall–Kier alpha value is -3.36. The smallest absolute Gasteiger partial charge is 0.303 e. The Balaban J connectivity index is 1.74. The van der Waals surface area contributed by atoms with E-state index in [1.807, 2.05) is 0 Å². The predicted molar refractivity (Wildman–Crippen MR) is 104 cm³/mol. The Morgan fingerprint density at radius 3 is 2.71 bits per heavy atom. The fourth-order valence-electron chi connectivity index (χ4n) is 3.53. The topological polar surface area (TPSA) is 94.2 Å². The zero-order valence-electron chi connectivity index (χ0n) is 15.3. The maximum Gasteiger partial charge on any atom is 0.318 e. The van der Waals surface area contributed by atoms with Crippen molar-refractivity contribution in [2.45, 2.75) is 31.7 Å². The maximum absolute atomic E-state index is 13.7. The largest absolute Gasteiger partial charge is 0.318 e. The molecule has 0 radical (unpaired) electrons. The second-order valence-electron chi connectivity index (χ2n) is 6.77. The first-order valence-electron chi connectivity index (χ1n) is 9.08. The van der Waals surface area contributed by atoms with E-state index < -0.39 is 16.9 Å². The van der Waals surface area contributed by atoms with E-state index in [1.165, 1.54) is 34.7 Å². The van der Waals surface area contributed by atoms with E-state index in [0.29, 0.717) is 16.7 Å². The summed E-state index contributed by atoms with van der Waals surface area (Å²) < 4.78 is 16.4. The minimum atomic E-state index is -0.596. The number of benzene rings is 1. The Labute approximate surface area is 159 Å². The number of rotatable bonds is 4. The number of hydrogen-bond donors (Lipinski definition) is 1. The highest BCUT2D eigenvalue weighted by molar-refractivity contribution is 5.80. The van der Waals surface area contributed by atoms with E-state index in [2.05, 4.69) is 20.5 Å². The van der Waals surface area contributed by atoms with Crippen LogP contribution in [-0.4, -0.2) is 25.3 Å². The van der Waals surface area contributed by atoms with Gasteiger partial charge in [-0.25, -0.2) is 14.8 Å². The van der Waals surface area contributed by atoms with Crippen LogP contribution >= 0.6 is 0 Å². The first kappa shape index (κ1) is 18.0. The van der Waals surface area contributed by atoms with Crippen LogP contribution in [0.25, 0.3) is 11.2 Å². The molecule has 1 saturated carbocycles. The number of aryl methyl sites for hydroxylation is 1. The lowest BCUT2D eigenvalue weighted by Crippen LogP contribution is -2.42. The highest BCUT2D eigenvalue weighted by Gasteiger charge is 2.23. The number of anilines is 1. The molecule has 28 heavy (non-hydrogen) atoms. The van der Waals surface area contributed by atoms with E-state index in [-0.39, 0.29) is 12.0 Å². The summed E-state index contributed by atoms with van der Waals surface area (Å²) in [7, 11) is 1.53. The van der Waals surface area contributed by atoms with Crippen molar-refractivity contribution in [1.82, 2.24) is 19.1 Å². The van der Waals surface area contributed by atoms with Crippen LogP contribution in [0, 0.1) is 5.82 Å². The van der Waals surface area contributed by atoms with Crippen molar-refractivity contribution in [3.05, 3.63) is 62.6 Å². The Morgan fingerprint density at radius 2 is 1.96 bits per heavy atom. The van der Waals surface area contributed by atoms with Gasteiger partial charge < -0.3 is 4.57 Å². The molecule has 1 aromatic carbocycles. The average molecular weight is 382 g/mol. The molecular formula is C19H19FN6O2. The molecule has 144 valence electrons. The zero-order chi connectivity index (χ0) is 19.7. The summed E-state index contributed by atoms with van der Waals surface area (Å²) in [5.41, 5.74) is 2.66. The molecule has 1 aliphatic rings. The molecule has 0 spiro atoms. The van der Waals surface area contributed by atoms with Crippen LogP contribution in [0.4, 0.5) is 10.3 Å². The predicted octanol–water partition coefficient (Wildman–Crippen LogP) is 2.19. The number of hydrogen-bond acceptors (Lipinski definition) is 6. The summed E-state index contributed by atoms with van der Waals surface area (Å²) in [6.07, 6.45) is 6.50. The van der Waals surface area contributed by atoms with Gasteiger partial charge in [-0.2, -0.15) is 10.1 Å².